The Morgan fingerprint density at radius 2 is 2.05 bits per heavy atom. The van der Waals surface area contributed by atoms with Gasteiger partial charge in [0.2, 0.25) is 0 Å². The summed E-state index contributed by atoms with van der Waals surface area (Å²) in [6.07, 6.45) is 0. The minimum atomic E-state index is -0.0696. The number of methoxy groups -OCH3 is 2. The van der Waals surface area contributed by atoms with Crippen LogP contribution in [0.25, 0.3) is 0 Å². The molecule has 0 heterocycles. The van der Waals surface area contributed by atoms with E-state index >= 15 is 0 Å². The van der Waals surface area contributed by atoms with Crippen LogP contribution in [0.4, 0.5) is 0 Å². The van der Waals surface area contributed by atoms with Crippen LogP contribution in [0.5, 0.6) is 11.5 Å². The van der Waals surface area contributed by atoms with Crippen molar-refractivity contribution >= 4 is 11.6 Å². The third-order valence-corrected chi connectivity index (χ3v) is 2.72. The summed E-state index contributed by atoms with van der Waals surface area (Å²) < 4.78 is 15.6. The maximum absolute atomic E-state index is 8.77. The number of ether oxygens (including phenoxy) is 3. The Bertz CT molecular complexity index is 387. The lowest BCUT2D eigenvalue weighted by Gasteiger charge is -2.14. The van der Waals surface area contributed by atoms with E-state index in [1.165, 1.54) is 0 Å². The van der Waals surface area contributed by atoms with Gasteiger partial charge in [-0.25, -0.2) is 0 Å². The number of hydrogen-bond donors (Lipinski definition) is 2. The van der Waals surface area contributed by atoms with Gasteiger partial charge in [-0.1, -0.05) is 11.6 Å². The summed E-state index contributed by atoms with van der Waals surface area (Å²) in [6.45, 7) is 2.20. The number of halogens is 1. The first-order chi connectivity index (χ1) is 9.22. The van der Waals surface area contributed by atoms with Gasteiger partial charge in [-0.05, 0) is 17.7 Å². The number of aliphatic hydroxyl groups excluding tert-OH is 1. The Hall–Kier alpha value is -1.01. The molecule has 0 aliphatic carbocycles. The van der Waals surface area contributed by atoms with Gasteiger partial charge in [0.25, 0.3) is 0 Å². The topological polar surface area (TPSA) is 60.0 Å². The summed E-state index contributed by atoms with van der Waals surface area (Å²) in [5.41, 5.74) is 0.995. The molecule has 0 unspecified atom stereocenters. The molecular formula is C13H20ClNO4. The third-order valence-electron chi connectivity index (χ3n) is 2.44. The van der Waals surface area contributed by atoms with Gasteiger partial charge in [-0.3, -0.25) is 0 Å². The second-order valence-corrected chi connectivity index (χ2v) is 4.26. The summed E-state index contributed by atoms with van der Waals surface area (Å²) in [7, 11) is 3.22. The number of rotatable bonds is 9. The number of benzene rings is 1. The van der Waals surface area contributed by atoms with E-state index in [1.807, 2.05) is 12.1 Å². The Balaban J connectivity index is 2.71. The molecule has 6 heteroatoms. The molecule has 1 aromatic rings. The lowest BCUT2D eigenvalue weighted by atomic mass is 10.2. The summed E-state index contributed by atoms with van der Waals surface area (Å²) in [5.74, 6) is 1.02. The first kappa shape index (κ1) is 16.0. The Morgan fingerprint density at radius 1 is 1.26 bits per heavy atom. The Morgan fingerprint density at radius 3 is 2.68 bits per heavy atom. The molecule has 1 aromatic carbocycles. The molecule has 0 radical (unpaired) electrons. The zero-order valence-corrected chi connectivity index (χ0v) is 12.0. The van der Waals surface area contributed by atoms with Crippen LogP contribution in [-0.4, -0.2) is 45.7 Å². The minimum absolute atomic E-state index is 0.0696. The van der Waals surface area contributed by atoms with Gasteiger partial charge in [0, 0.05) is 20.2 Å². The first-order valence-corrected chi connectivity index (χ1v) is 6.40. The molecule has 19 heavy (non-hydrogen) atoms. The highest BCUT2D eigenvalue weighted by Gasteiger charge is 2.11. The van der Waals surface area contributed by atoms with Gasteiger partial charge in [0.15, 0.2) is 11.5 Å². The van der Waals surface area contributed by atoms with Gasteiger partial charge < -0.3 is 24.6 Å². The van der Waals surface area contributed by atoms with E-state index in [0.29, 0.717) is 29.7 Å². The molecule has 0 atom stereocenters. The highest BCUT2D eigenvalue weighted by atomic mass is 35.5. The standard InChI is InChI=1S/C13H20ClNO4/c1-17-5-3-15-9-10-7-11(14)13(19-6-4-16)12(8-10)18-2/h7-8,15-16H,3-6,9H2,1-2H3. The third kappa shape index (κ3) is 5.24. The van der Waals surface area contributed by atoms with Crippen molar-refractivity contribution in [3.63, 3.8) is 0 Å². The van der Waals surface area contributed by atoms with Crippen LogP contribution in [0.3, 0.4) is 0 Å². The predicted octanol–water partition coefficient (Wildman–Crippen LogP) is 1.46. The van der Waals surface area contributed by atoms with E-state index in [1.54, 1.807) is 14.2 Å². The molecule has 0 fully saturated rings. The van der Waals surface area contributed by atoms with Gasteiger partial charge in [0.1, 0.15) is 6.61 Å². The normalized spacial score (nSPS) is 10.5. The highest BCUT2D eigenvalue weighted by molar-refractivity contribution is 6.32. The summed E-state index contributed by atoms with van der Waals surface area (Å²) in [4.78, 5) is 0. The van der Waals surface area contributed by atoms with E-state index in [4.69, 9.17) is 30.9 Å². The highest BCUT2D eigenvalue weighted by Crippen LogP contribution is 2.36. The molecular weight excluding hydrogens is 270 g/mol. The quantitative estimate of drug-likeness (QED) is 0.674. The van der Waals surface area contributed by atoms with E-state index in [-0.39, 0.29) is 13.2 Å². The molecule has 0 aliphatic rings. The van der Waals surface area contributed by atoms with Crippen LogP contribution >= 0.6 is 11.6 Å². The van der Waals surface area contributed by atoms with Crippen molar-refractivity contribution in [3.8, 4) is 11.5 Å². The molecule has 0 spiro atoms. The fraction of sp³-hybridized carbons (Fsp3) is 0.538. The smallest absolute Gasteiger partial charge is 0.179 e. The van der Waals surface area contributed by atoms with Crippen LogP contribution in [-0.2, 0) is 11.3 Å². The van der Waals surface area contributed by atoms with Crippen LogP contribution in [0.15, 0.2) is 12.1 Å². The average Bonchev–Trinajstić information content (AvgIpc) is 2.42. The maximum Gasteiger partial charge on any atom is 0.179 e. The molecule has 0 aliphatic heterocycles. The van der Waals surface area contributed by atoms with Crippen LogP contribution < -0.4 is 14.8 Å². The van der Waals surface area contributed by atoms with E-state index in [9.17, 15) is 0 Å². The van der Waals surface area contributed by atoms with E-state index in [2.05, 4.69) is 5.32 Å². The van der Waals surface area contributed by atoms with Gasteiger partial charge in [-0.2, -0.15) is 0 Å². The summed E-state index contributed by atoms with van der Waals surface area (Å²) in [6, 6.07) is 3.68. The second kappa shape index (κ2) is 8.98. The molecule has 0 amide bonds. The fourth-order valence-corrected chi connectivity index (χ4v) is 1.86. The van der Waals surface area contributed by atoms with Crippen molar-refractivity contribution in [2.45, 2.75) is 6.54 Å². The zero-order valence-electron chi connectivity index (χ0n) is 11.2. The fourth-order valence-electron chi connectivity index (χ4n) is 1.57. The molecule has 5 nitrogen and oxygen atoms in total. The number of aliphatic hydroxyl groups is 1. The zero-order chi connectivity index (χ0) is 14.1. The van der Waals surface area contributed by atoms with Crippen LogP contribution in [0.2, 0.25) is 5.02 Å². The SMILES string of the molecule is COCCNCc1cc(Cl)c(OCCO)c(OC)c1. The predicted molar refractivity (Wildman–Crippen MR) is 74.2 cm³/mol. The lowest BCUT2D eigenvalue weighted by molar-refractivity contribution is 0.196. The number of hydrogen-bond acceptors (Lipinski definition) is 5. The maximum atomic E-state index is 8.77. The van der Waals surface area contributed by atoms with Crippen molar-refractivity contribution in [1.82, 2.24) is 5.32 Å². The van der Waals surface area contributed by atoms with Gasteiger partial charge in [-0.15, -0.1) is 0 Å². The second-order valence-electron chi connectivity index (χ2n) is 3.85. The minimum Gasteiger partial charge on any atom is -0.493 e. The summed E-state index contributed by atoms with van der Waals surface area (Å²) >= 11 is 6.15. The largest absolute Gasteiger partial charge is 0.493 e. The van der Waals surface area contributed by atoms with Gasteiger partial charge in [0.05, 0.1) is 25.3 Å². The van der Waals surface area contributed by atoms with Crippen molar-refractivity contribution in [2.75, 3.05) is 40.6 Å². The van der Waals surface area contributed by atoms with Crippen LogP contribution in [0.1, 0.15) is 5.56 Å². The van der Waals surface area contributed by atoms with E-state index < -0.39 is 0 Å². The molecule has 0 bridgehead atoms. The molecule has 0 saturated heterocycles. The van der Waals surface area contributed by atoms with Crippen LogP contribution in [0, 0.1) is 0 Å². The van der Waals surface area contributed by atoms with Crippen molar-refractivity contribution < 1.29 is 19.3 Å². The number of nitrogens with one attached hydrogen (secondary N) is 1. The van der Waals surface area contributed by atoms with Crippen molar-refractivity contribution in [2.24, 2.45) is 0 Å². The summed E-state index contributed by atoms with van der Waals surface area (Å²) in [5, 5.41) is 12.5. The first-order valence-electron chi connectivity index (χ1n) is 6.02. The molecule has 108 valence electrons. The molecule has 0 saturated carbocycles. The monoisotopic (exact) mass is 289 g/mol. The molecule has 1 rings (SSSR count). The van der Waals surface area contributed by atoms with Crippen molar-refractivity contribution in [1.29, 1.82) is 0 Å². The van der Waals surface area contributed by atoms with E-state index in [0.717, 1.165) is 12.1 Å². The lowest BCUT2D eigenvalue weighted by Crippen LogP contribution is -2.18. The average molecular weight is 290 g/mol. The Kier molecular flexibility index (Phi) is 7.59. The van der Waals surface area contributed by atoms with Crippen molar-refractivity contribution in [3.05, 3.63) is 22.7 Å². The molecule has 2 N–H and O–H groups in total. The Labute approximate surface area is 118 Å². The molecule has 0 aromatic heterocycles. The van der Waals surface area contributed by atoms with Gasteiger partial charge >= 0.3 is 0 Å².